The molecular weight excluding hydrogens is 462 g/mol. The van der Waals surface area contributed by atoms with Crippen molar-refractivity contribution < 1.29 is 34.4 Å². The molecule has 0 fully saturated rings. The van der Waals surface area contributed by atoms with Gasteiger partial charge in [-0.05, 0) is 42.9 Å². The zero-order valence-electron chi connectivity index (χ0n) is 17.6. The predicted molar refractivity (Wildman–Crippen MR) is 113 cm³/mol. The van der Waals surface area contributed by atoms with Crippen molar-refractivity contribution in [3.05, 3.63) is 60.7 Å². The number of primary amides is 1. The molecule has 1 rings (SSSR count). The van der Waals surface area contributed by atoms with Crippen LogP contribution in [0.25, 0.3) is 0 Å². The first-order chi connectivity index (χ1) is 15.9. The average Bonchev–Trinajstić information content (AvgIpc) is 2.74. The van der Waals surface area contributed by atoms with Crippen molar-refractivity contribution in [1.82, 2.24) is 5.32 Å². The van der Waals surface area contributed by atoms with Crippen LogP contribution >= 0.6 is 0 Å². The van der Waals surface area contributed by atoms with E-state index < -0.39 is 62.5 Å². The molecule has 0 aliphatic carbocycles. The standard InChI is InChI=1S/C17H23N7O10/c18-9-5-4-8-12(15(26)27)20-16(28)17(23(31)32,13(22(29)30)10-14(19)25)21(24(33)34)11-6-2-1-3-7-11/h1-3,6-7,12-13H,4-5,8-10,18H2,(H2,19,25)(H,20,28)(H,26,27)/t12-,13?,17+/m0/s1. The van der Waals surface area contributed by atoms with E-state index in [0.29, 0.717) is 6.42 Å². The first-order valence-electron chi connectivity index (χ1n) is 9.70. The predicted octanol–water partition coefficient (Wildman–Crippen LogP) is -1.12. The topological polar surface area (TPSA) is 268 Å². The van der Waals surface area contributed by atoms with Crippen molar-refractivity contribution in [3.8, 4) is 0 Å². The van der Waals surface area contributed by atoms with E-state index >= 15 is 0 Å². The van der Waals surface area contributed by atoms with E-state index in [0.717, 1.165) is 12.1 Å². The molecule has 0 bridgehead atoms. The van der Waals surface area contributed by atoms with Crippen molar-refractivity contribution in [2.75, 3.05) is 11.6 Å². The zero-order chi connectivity index (χ0) is 26.1. The van der Waals surface area contributed by atoms with Gasteiger partial charge < -0.3 is 21.9 Å². The molecule has 0 aromatic heterocycles. The highest BCUT2D eigenvalue weighted by Gasteiger charge is 2.75. The van der Waals surface area contributed by atoms with Crippen molar-refractivity contribution >= 4 is 23.5 Å². The number of para-hydroxylation sites is 1. The second-order valence-electron chi connectivity index (χ2n) is 6.99. The fourth-order valence-corrected chi connectivity index (χ4v) is 3.22. The molecule has 2 amide bonds. The van der Waals surface area contributed by atoms with Crippen LogP contribution in [0.3, 0.4) is 0 Å². The van der Waals surface area contributed by atoms with Gasteiger partial charge in [-0.15, -0.1) is 0 Å². The number of nitrogens with two attached hydrogens (primary N) is 2. The molecule has 1 aromatic rings. The van der Waals surface area contributed by atoms with Crippen LogP contribution in [0.2, 0.25) is 0 Å². The first kappa shape index (κ1) is 27.6. The lowest BCUT2D eigenvalue weighted by Crippen LogP contribution is -2.74. The van der Waals surface area contributed by atoms with Crippen LogP contribution in [0.1, 0.15) is 25.7 Å². The maximum Gasteiger partial charge on any atom is 0.491 e. The number of unbranched alkanes of at least 4 members (excludes halogenated alkanes) is 1. The minimum atomic E-state index is -3.90. The Labute approximate surface area is 191 Å². The number of anilines is 1. The number of rotatable bonds is 15. The molecule has 0 spiro atoms. The van der Waals surface area contributed by atoms with Gasteiger partial charge in [0.2, 0.25) is 5.91 Å². The van der Waals surface area contributed by atoms with Gasteiger partial charge >= 0.3 is 23.6 Å². The Bertz CT molecular complexity index is 944. The van der Waals surface area contributed by atoms with Crippen molar-refractivity contribution in [2.24, 2.45) is 11.5 Å². The second-order valence-corrected chi connectivity index (χ2v) is 6.99. The molecule has 34 heavy (non-hydrogen) atoms. The van der Waals surface area contributed by atoms with Crippen LogP contribution in [0.5, 0.6) is 0 Å². The molecule has 1 unspecified atom stereocenters. The van der Waals surface area contributed by atoms with Gasteiger partial charge in [0.1, 0.15) is 18.2 Å². The number of aliphatic carboxylic acids is 1. The Hall–Kier alpha value is -4.41. The van der Waals surface area contributed by atoms with Crippen molar-refractivity contribution in [3.63, 3.8) is 0 Å². The number of hydrogen-bond donors (Lipinski definition) is 4. The number of amides is 2. The number of nitro groups is 3. The normalized spacial score (nSPS) is 14.1. The molecule has 3 atom stereocenters. The molecule has 0 saturated carbocycles. The Kier molecular flexibility index (Phi) is 9.75. The van der Waals surface area contributed by atoms with Gasteiger partial charge in [-0.2, -0.15) is 0 Å². The Morgan fingerprint density at radius 2 is 1.68 bits per heavy atom. The van der Waals surface area contributed by atoms with Crippen LogP contribution in [0.4, 0.5) is 5.69 Å². The minimum Gasteiger partial charge on any atom is -0.480 e. The van der Waals surface area contributed by atoms with Gasteiger partial charge in [0.15, 0.2) is 5.03 Å². The second kappa shape index (κ2) is 12.0. The average molecular weight is 485 g/mol. The smallest absolute Gasteiger partial charge is 0.480 e. The van der Waals surface area contributed by atoms with E-state index in [1.165, 1.54) is 18.2 Å². The van der Waals surface area contributed by atoms with E-state index in [2.05, 4.69) is 0 Å². The summed E-state index contributed by atoms with van der Waals surface area (Å²) in [5.41, 5.74) is 5.80. The number of carboxylic acid groups (broad SMARTS) is 1. The van der Waals surface area contributed by atoms with E-state index in [4.69, 9.17) is 11.5 Å². The SMILES string of the molecule is NCCCC[C@H](NC(=O)[C@](C(CC(N)=O)[N+](=O)[O-])(N(c1ccccc1)[N+](=O)[O-])[N+](=O)[O-])C(=O)O. The fourth-order valence-electron chi connectivity index (χ4n) is 3.22. The van der Waals surface area contributed by atoms with Gasteiger partial charge in [0, 0.05) is 4.92 Å². The summed E-state index contributed by atoms with van der Waals surface area (Å²) in [6.45, 7) is 0.171. The molecule has 0 aliphatic rings. The molecule has 0 radical (unpaired) electrons. The molecular formula is C17H23N7O10. The third kappa shape index (κ3) is 6.09. The highest BCUT2D eigenvalue weighted by Crippen LogP contribution is 2.32. The molecule has 1 aromatic carbocycles. The summed E-state index contributed by atoms with van der Waals surface area (Å²) < 4.78 is 0. The minimum absolute atomic E-state index is 0.150. The number of nitrogens with zero attached hydrogens (tertiary/aromatic N) is 4. The lowest BCUT2D eigenvalue weighted by Gasteiger charge is -2.31. The van der Waals surface area contributed by atoms with E-state index in [9.17, 15) is 49.8 Å². The highest BCUT2D eigenvalue weighted by molar-refractivity contribution is 5.92. The number of carboxylic acids is 1. The zero-order valence-corrected chi connectivity index (χ0v) is 17.6. The third-order valence-corrected chi connectivity index (χ3v) is 4.76. The number of hydrazine groups is 1. The molecule has 17 nitrogen and oxygen atoms in total. The monoisotopic (exact) mass is 485 g/mol. The van der Waals surface area contributed by atoms with Gasteiger partial charge in [0.25, 0.3) is 0 Å². The molecule has 0 saturated heterocycles. The van der Waals surface area contributed by atoms with Gasteiger partial charge in [0.05, 0.1) is 4.92 Å². The molecule has 0 aliphatic heterocycles. The highest BCUT2D eigenvalue weighted by atomic mass is 16.7. The van der Waals surface area contributed by atoms with Gasteiger partial charge in [-0.3, -0.25) is 29.8 Å². The lowest BCUT2D eigenvalue weighted by atomic mass is 9.94. The maximum atomic E-state index is 13.3. The molecule has 6 N–H and O–H groups in total. The number of benzene rings is 1. The summed E-state index contributed by atoms with van der Waals surface area (Å²) in [5, 5.41) is 45.5. The summed E-state index contributed by atoms with van der Waals surface area (Å²) in [4.78, 5) is 69.4. The molecule has 186 valence electrons. The Morgan fingerprint density at radius 3 is 2.09 bits per heavy atom. The van der Waals surface area contributed by atoms with Crippen LogP contribution in [-0.4, -0.2) is 62.1 Å². The van der Waals surface area contributed by atoms with Crippen LogP contribution in [0.15, 0.2) is 30.3 Å². The Morgan fingerprint density at radius 1 is 1.09 bits per heavy atom. The van der Waals surface area contributed by atoms with Gasteiger partial charge in [-0.25, -0.2) is 14.9 Å². The first-order valence-corrected chi connectivity index (χ1v) is 9.70. The number of nitrogens with one attached hydrogen (secondary N) is 1. The summed E-state index contributed by atoms with van der Waals surface area (Å²) in [7, 11) is 0. The summed E-state index contributed by atoms with van der Waals surface area (Å²) in [6, 6.07) is 1.04. The number of carbonyl (C=O) groups is 3. The van der Waals surface area contributed by atoms with E-state index in [1.54, 1.807) is 5.32 Å². The van der Waals surface area contributed by atoms with Crippen LogP contribution in [-0.2, 0) is 14.4 Å². The van der Waals surface area contributed by atoms with Crippen molar-refractivity contribution in [1.29, 1.82) is 0 Å². The van der Waals surface area contributed by atoms with E-state index in [1.807, 2.05) is 0 Å². The van der Waals surface area contributed by atoms with E-state index in [-0.39, 0.29) is 24.4 Å². The number of carbonyl (C=O) groups excluding carboxylic acids is 2. The van der Waals surface area contributed by atoms with Crippen LogP contribution < -0.4 is 21.8 Å². The quantitative estimate of drug-likeness (QED) is 0.0995. The van der Waals surface area contributed by atoms with Crippen LogP contribution in [0, 0.1) is 30.3 Å². The number of hydrogen-bond acceptors (Lipinski definition) is 10. The summed E-state index contributed by atoms with van der Waals surface area (Å²) in [6.07, 6.45) is -1.25. The van der Waals surface area contributed by atoms with Gasteiger partial charge in [-0.1, -0.05) is 18.2 Å². The fraction of sp³-hybridized carbons (Fsp3) is 0.471. The lowest BCUT2D eigenvalue weighted by molar-refractivity contribution is -0.677. The summed E-state index contributed by atoms with van der Waals surface area (Å²) >= 11 is 0. The van der Waals surface area contributed by atoms with Crippen molar-refractivity contribution in [2.45, 2.75) is 43.4 Å². The maximum absolute atomic E-state index is 13.3. The third-order valence-electron chi connectivity index (χ3n) is 4.76. The summed E-state index contributed by atoms with van der Waals surface area (Å²) in [5.74, 6) is -5.10. The largest absolute Gasteiger partial charge is 0.491 e. The molecule has 17 heteroatoms. The Balaban J connectivity index is 3.83. The molecule has 0 heterocycles.